The van der Waals surface area contributed by atoms with E-state index in [1.807, 2.05) is 0 Å². The largest absolute Gasteiger partial charge is 3.00 e. The molecule has 0 bridgehead atoms. The molecule has 1 radical (unpaired) electrons. The summed E-state index contributed by atoms with van der Waals surface area (Å²) in [6, 6.07) is -2.63. The van der Waals surface area contributed by atoms with Crippen LogP contribution in [0.3, 0.4) is 0 Å². The Kier molecular flexibility index (Phi) is 15.0. The minimum atomic E-state index is -2.63. The van der Waals surface area contributed by atoms with E-state index >= 15 is 0 Å². The molecular formula is C11H18Cl5Si2Zr. The van der Waals surface area contributed by atoms with Crippen LogP contribution in [0.4, 0.5) is 0 Å². The van der Waals surface area contributed by atoms with Gasteiger partial charge < -0.3 is 24.8 Å². The summed E-state index contributed by atoms with van der Waals surface area (Å²) in [5.74, 6) is 0. The fourth-order valence-electron chi connectivity index (χ4n) is 2.26. The second-order valence-electron chi connectivity index (χ2n) is 4.80. The third-order valence-electron chi connectivity index (χ3n) is 3.23. The van der Waals surface area contributed by atoms with Gasteiger partial charge in [0, 0.05) is 8.07 Å². The zero-order valence-corrected chi connectivity index (χ0v) is 19.5. The molecule has 0 aromatic rings. The SMILES string of the molecule is CCCC([Si](Cl)(Cl)Cl)[Si](C)(C)C1=[C-]CC=C1.[Cl-].[Cl-].[Zr+3]. The van der Waals surface area contributed by atoms with E-state index in [4.69, 9.17) is 33.2 Å². The van der Waals surface area contributed by atoms with E-state index < -0.39 is 14.1 Å². The van der Waals surface area contributed by atoms with Crippen molar-refractivity contribution in [3.63, 3.8) is 0 Å². The molecule has 0 nitrogen and oxygen atoms in total. The van der Waals surface area contributed by atoms with Gasteiger partial charge in [0.25, 0.3) is 0 Å². The van der Waals surface area contributed by atoms with Crippen LogP contribution < -0.4 is 24.8 Å². The molecule has 0 aromatic carbocycles. The Morgan fingerprint density at radius 2 is 1.79 bits per heavy atom. The number of rotatable bonds is 5. The summed E-state index contributed by atoms with van der Waals surface area (Å²) in [5, 5.41) is 1.63. The average molecular weight is 475 g/mol. The first-order valence-corrected chi connectivity index (χ1v) is 13.8. The van der Waals surface area contributed by atoms with Crippen molar-refractivity contribution < 1.29 is 51.0 Å². The van der Waals surface area contributed by atoms with Gasteiger partial charge in [-0.3, -0.25) is 6.08 Å². The summed E-state index contributed by atoms with van der Waals surface area (Å²) in [7, 11) is -1.67. The van der Waals surface area contributed by atoms with Crippen molar-refractivity contribution >= 4 is 47.3 Å². The Morgan fingerprint density at radius 3 is 2.11 bits per heavy atom. The minimum absolute atomic E-state index is 0. The zero-order valence-electron chi connectivity index (χ0n) is 11.2. The molecule has 19 heavy (non-hydrogen) atoms. The molecule has 0 spiro atoms. The van der Waals surface area contributed by atoms with Crippen molar-refractivity contribution in [3.05, 3.63) is 23.4 Å². The summed E-state index contributed by atoms with van der Waals surface area (Å²) in [6.07, 6.45) is 10.8. The third-order valence-corrected chi connectivity index (χ3v) is 15.6. The fourth-order valence-corrected chi connectivity index (χ4v) is 17.5. The predicted octanol–water partition coefficient (Wildman–Crippen LogP) is -0.706. The van der Waals surface area contributed by atoms with E-state index in [1.54, 1.807) is 0 Å². The standard InChI is InChI=1S/C11H18Cl3Si2.2ClH.Zr/c1-4-7-11(16(12,13)14)15(2,3)10-8-5-6-9-10;;;/h5,8,11H,4,6-7H2,1-3H3;2*1H;/q-1;;;+3/p-2. The average Bonchev–Trinajstić information content (AvgIpc) is 2.64. The van der Waals surface area contributed by atoms with Gasteiger partial charge >= 0.3 is 32.2 Å². The Balaban J connectivity index is -0.000000853. The van der Waals surface area contributed by atoms with Crippen LogP contribution >= 0.6 is 33.2 Å². The van der Waals surface area contributed by atoms with Crippen molar-refractivity contribution in [1.82, 2.24) is 0 Å². The van der Waals surface area contributed by atoms with Crippen LogP contribution in [-0.2, 0) is 26.2 Å². The summed E-state index contributed by atoms with van der Waals surface area (Å²) in [4.78, 5) is 0. The van der Waals surface area contributed by atoms with Gasteiger partial charge in [-0.15, -0.1) is 39.7 Å². The molecule has 0 N–H and O–H groups in total. The van der Waals surface area contributed by atoms with Gasteiger partial charge in [-0.1, -0.05) is 32.9 Å². The van der Waals surface area contributed by atoms with Crippen LogP contribution in [0.15, 0.2) is 17.3 Å². The molecule has 0 fully saturated rings. The maximum atomic E-state index is 6.28. The van der Waals surface area contributed by atoms with Crippen molar-refractivity contribution in [3.8, 4) is 0 Å². The van der Waals surface area contributed by atoms with Crippen molar-refractivity contribution in [2.45, 2.75) is 44.4 Å². The monoisotopic (exact) mass is 471 g/mol. The maximum Gasteiger partial charge on any atom is 3.00 e. The van der Waals surface area contributed by atoms with Crippen molar-refractivity contribution in [2.24, 2.45) is 0 Å². The Labute approximate surface area is 164 Å². The minimum Gasteiger partial charge on any atom is -1.00 e. The van der Waals surface area contributed by atoms with Crippen LogP contribution in [0.1, 0.15) is 26.2 Å². The second kappa shape index (κ2) is 10.9. The van der Waals surface area contributed by atoms with Crippen molar-refractivity contribution in [2.75, 3.05) is 0 Å². The molecule has 0 heterocycles. The molecule has 0 aromatic heterocycles. The quantitative estimate of drug-likeness (QED) is 0.281. The molecule has 1 aliphatic carbocycles. The Morgan fingerprint density at radius 1 is 1.26 bits per heavy atom. The summed E-state index contributed by atoms with van der Waals surface area (Å²) >= 11 is 18.8. The molecule has 1 unspecified atom stereocenters. The van der Waals surface area contributed by atoms with E-state index in [2.05, 4.69) is 38.2 Å². The molecule has 0 aliphatic heterocycles. The van der Waals surface area contributed by atoms with Crippen LogP contribution in [-0.4, -0.2) is 14.1 Å². The number of halogens is 5. The van der Waals surface area contributed by atoms with E-state index in [1.165, 1.54) is 5.20 Å². The van der Waals surface area contributed by atoms with E-state index in [0.717, 1.165) is 19.3 Å². The smallest absolute Gasteiger partial charge is 1.00 e. The summed E-state index contributed by atoms with van der Waals surface area (Å²) in [6.45, 7) is 6.77. The molecule has 8 heteroatoms. The molecule has 1 aliphatic rings. The first-order chi connectivity index (χ1) is 7.30. The van der Waals surface area contributed by atoms with Gasteiger partial charge in [0.2, 0.25) is 0 Å². The topological polar surface area (TPSA) is 0 Å². The normalized spacial score (nSPS) is 15.8. The Bertz CT molecular complexity index is 313. The molecular weight excluding hydrogens is 457 g/mol. The van der Waals surface area contributed by atoms with Crippen LogP contribution in [0.25, 0.3) is 0 Å². The summed E-state index contributed by atoms with van der Waals surface area (Å²) in [5.41, 5.74) is 0. The van der Waals surface area contributed by atoms with Crippen molar-refractivity contribution in [1.29, 1.82) is 0 Å². The maximum absolute atomic E-state index is 6.28. The number of hydrogen-bond donors (Lipinski definition) is 0. The first-order valence-electron chi connectivity index (χ1n) is 5.64. The molecule has 1 atom stereocenters. The Hall–Kier alpha value is 2.25. The van der Waals surface area contributed by atoms with E-state index in [-0.39, 0.29) is 51.0 Å². The number of allylic oxidation sites excluding steroid dienone is 4. The molecule has 109 valence electrons. The van der Waals surface area contributed by atoms with Gasteiger partial charge in [-0.25, -0.2) is 11.3 Å². The second-order valence-corrected chi connectivity index (χ2v) is 18.9. The molecule has 0 saturated carbocycles. The summed E-state index contributed by atoms with van der Waals surface area (Å²) < 4.78 is 0. The van der Waals surface area contributed by atoms with Crippen LogP contribution in [0.2, 0.25) is 18.3 Å². The zero-order chi connectivity index (χ0) is 12.4. The third kappa shape index (κ3) is 7.37. The molecule has 1 rings (SSSR count). The van der Waals surface area contributed by atoms with E-state index in [0.29, 0.717) is 5.16 Å². The van der Waals surface area contributed by atoms with Gasteiger partial charge in [0.05, 0.1) is 0 Å². The first kappa shape index (κ1) is 26.2. The molecule has 0 saturated heterocycles. The number of hydrogen-bond acceptors (Lipinski definition) is 0. The van der Waals surface area contributed by atoms with E-state index in [9.17, 15) is 0 Å². The van der Waals surface area contributed by atoms with Crippen LogP contribution in [0, 0.1) is 6.08 Å². The van der Waals surface area contributed by atoms with Gasteiger partial charge in [0.15, 0.2) is 0 Å². The fraction of sp³-hybridized carbons (Fsp3) is 0.636. The van der Waals surface area contributed by atoms with Crippen LogP contribution in [0.5, 0.6) is 0 Å². The van der Waals surface area contributed by atoms with Gasteiger partial charge in [-0.05, 0) is 5.16 Å². The predicted molar refractivity (Wildman–Crippen MR) is 80.0 cm³/mol. The van der Waals surface area contributed by atoms with Gasteiger partial charge in [-0.2, -0.15) is 6.08 Å². The molecule has 0 amide bonds. The van der Waals surface area contributed by atoms with Gasteiger partial charge in [0.1, 0.15) is 0 Å².